The van der Waals surface area contributed by atoms with Crippen LogP contribution in [0, 0.1) is 23.7 Å². The van der Waals surface area contributed by atoms with Gasteiger partial charge in [-0.3, -0.25) is 19.3 Å². The number of benzene rings is 1. The number of aliphatic hydroxyl groups is 3. The molecular formula is C28H25N3O7. The molecule has 0 spiro atoms. The van der Waals surface area contributed by atoms with Crippen molar-refractivity contribution >= 4 is 17.5 Å². The minimum atomic E-state index is -2.67. The van der Waals surface area contributed by atoms with Crippen molar-refractivity contribution in [1.29, 1.82) is 0 Å². The Balaban J connectivity index is 1.68. The van der Waals surface area contributed by atoms with Gasteiger partial charge >= 0.3 is 0 Å². The molecule has 0 saturated carbocycles. The van der Waals surface area contributed by atoms with E-state index in [1.165, 1.54) is 11.0 Å². The van der Waals surface area contributed by atoms with Crippen LogP contribution < -0.4 is 5.73 Å². The molecule has 1 aromatic heterocycles. The largest absolute Gasteiger partial charge is 0.510 e. The smallest absolute Gasteiger partial charge is 0.255 e. The number of hydrogen-bond acceptors (Lipinski definition) is 9. The third-order valence-electron chi connectivity index (χ3n) is 7.60. The van der Waals surface area contributed by atoms with Gasteiger partial charge in [0.1, 0.15) is 28.5 Å². The number of carbonyl (C=O) groups is 3. The van der Waals surface area contributed by atoms with Crippen molar-refractivity contribution in [2.45, 2.75) is 24.5 Å². The molecule has 0 aliphatic heterocycles. The Bertz CT molecular complexity index is 1530. The van der Waals surface area contributed by atoms with Crippen molar-refractivity contribution in [1.82, 2.24) is 9.88 Å². The van der Waals surface area contributed by atoms with Crippen molar-refractivity contribution in [3.8, 4) is 17.6 Å². The van der Waals surface area contributed by atoms with Gasteiger partial charge in [-0.25, -0.2) is 4.98 Å². The van der Waals surface area contributed by atoms with Crippen molar-refractivity contribution in [3.63, 3.8) is 0 Å². The molecule has 0 bridgehead atoms. The number of phenolic OH excluding ortho intramolecular Hbond substituents is 1. The topological polar surface area (TPSA) is 174 Å². The predicted octanol–water partition coefficient (Wildman–Crippen LogP) is 0.915. The number of aromatic hydroxyl groups is 1. The number of Topliss-reactive ketones (excluding diaryl/α,β-unsaturated/α-hetero) is 2. The van der Waals surface area contributed by atoms with E-state index in [9.17, 15) is 34.8 Å². The summed E-state index contributed by atoms with van der Waals surface area (Å²) in [5.74, 6) is -0.957. The molecule has 0 radical (unpaired) electrons. The van der Waals surface area contributed by atoms with E-state index in [0.29, 0.717) is 16.8 Å². The van der Waals surface area contributed by atoms with Gasteiger partial charge in [0.2, 0.25) is 5.78 Å². The first-order valence-electron chi connectivity index (χ1n) is 11.9. The molecule has 3 aliphatic rings. The number of pyridine rings is 1. The summed E-state index contributed by atoms with van der Waals surface area (Å²) in [5, 5.41) is 44.4. The van der Waals surface area contributed by atoms with E-state index in [1.54, 1.807) is 44.6 Å². The van der Waals surface area contributed by atoms with Crippen molar-refractivity contribution in [3.05, 3.63) is 81.6 Å². The van der Waals surface area contributed by atoms with Crippen LogP contribution in [0.15, 0.2) is 59.2 Å². The number of likely N-dealkylation sites (N-methyl/N-ethyl adjacent to an activating group) is 1. The van der Waals surface area contributed by atoms with E-state index in [0.717, 1.165) is 0 Å². The second-order valence-corrected chi connectivity index (χ2v) is 9.91. The Morgan fingerprint density at radius 1 is 1.13 bits per heavy atom. The molecule has 38 heavy (non-hydrogen) atoms. The fraction of sp³-hybridized carbons (Fsp3) is 0.286. The molecule has 0 fully saturated rings. The molecule has 3 aliphatic carbocycles. The Morgan fingerprint density at radius 3 is 2.50 bits per heavy atom. The number of aliphatic hydroxyl groups excluding tert-OH is 2. The lowest BCUT2D eigenvalue weighted by Gasteiger charge is -2.50. The van der Waals surface area contributed by atoms with Crippen LogP contribution in [0.4, 0.5) is 0 Å². The quantitative estimate of drug-likeness (QED) is 0.288. The van der Waals surface area contributed by atoms with Crippen molar-refractivity contribution in [2.24, 2.45) is 17.6 Å². The predicted molar refractivity (Wildman–Crippen MR) is 134 cm³/mol. The monoisotopic (exact) mass is 515 g/mol. The van der Waals surface area contributed by atoms with Crippen LogP contribution >= 0.6 is 0 Å². The minimum Gasteiger partial charge on any atom is -0.510 e. The van der Waals surface area contributed by atoms with Crippen molar-refractivity contribution in [2.75, 3.05) is 14.1 Å². The average molecular weight is 516 g/mol. The van der Waals surface area contributed by atoms with E-state index >= 15 is 0 Å². The molecule has 0 saturated heterocycles. The second-order valence-electron chi connectivity index (χ2n) is 9.91. The standard InChI is InChI=1S/C28H25N3O7/c1-31(2)22-17-12-14-11-16-13(6-8-15-5-3-4-10-30-15)7-9-18(32)20(16)23(33)19(14)25(35)28(17,38)26(36)21(24(22)34)27(29)37/h3-5,7,9-10,14,17,22,32,34-35,38H,11-12H2,1-2H3,(H2,29,37)/t14-,17-,22-,28+/m0/s1. The van der Waals surface area contributed by atoms with Crippen LogP contribution in [0.2, 0.25) is 0 Å². The van der Waals surface area contributed by atoms with E-state index < -0.39 is 58.0 Å². The van der Waals surface area contributed by atoms with Crippen molar-refractivity contribution < 1.29 is 34.8 Å². The van der Waals surface area contributed by atoms with Gasteiger partial charge in [0, 0.05) is 23.3 Å². The number of allylic oxidation sites excluding steroid dienone is 1. The number of phenols is 1. The Kier molecular flexibility index (Phi) is 5.86. The maximum absolute atomic E-state index is 13.7. The summed E-state index contributed by atoms with van der Waals surface area (Å²) < 4.78 is 0. The third-order valence-corrected chi connectivity index (χ3v) is 7.60. The Labute approximate surface area is 217 Å². The molecule has 1 amide bonds. The number of carbonyl (C=O) groups excluding carboxylic acids is 3. The number of nitrogens with zero attached hydrogens (tertiary/aromatic N) is 2. The molecule has 6 N–H and O–H groups in total. The summed E-state index contributed by atoms with van der Waals surface area (Å²) in [6.07, 6.45) is 1.77. The highest BCUT2D eigenvalue weighted by atomic mass is 16.3. The summed E-state index contributed by atoms with van der Waals surface area (Å²) in [7, 11) is 3.16. The molecule has 1 aromatic carbocycles. The molecule has 10 nitrogen and oxygen atoms in total. The first-order valence-corrected chi connectivity index (χ1v) is 11.9. The van der Waals surface area contributed by atoms with Crippen LogP contribution in [0.25, 0.3) is 0 Å². The number of ketones is 2. The molecule has 1 heterocycles. The van der Waals surface area contributed by atoms with E-state index in [2.05, 4.69) is 16.8 Å². The summed E-state index contributed by atoms with van der Waals surface area (Å²) >= 11 is 0. The number of amides is 1. The van der Waals surface area contributed by atoms with Crippen LogP contribution in [-0.4, -0.2) is 73.5 Å². The van der Waals surface area contributed by atoms with Gasteiger partial charge in [-0.05, 0) is 68.6 Å². The second kappa shape index (κ2) is 8.83. The van der Waals surface area contributed by atoms with Gasteiger partial charge in [0.25, 0.3) is 5.91 Å². The van der Waals surface area contributed by atoms with E-state index in [1.807, 2.05) is 0 Å². The summed E-state index contributed by atoms with van der Waals surface area (Å²) in [5.41, 5.74) is 3.00. The summed E-state index contributed by atoms with van der Waals surface area (Å²) in [6.45, 7) is 0. The fourth-order valence-electron chi connectivity index (χ4n) is 5.94. The van der Waals surface area contributed by atoms with E-state index in [-0.39, 0.29) is 29.7 Å². The SMILES string of the molecule is CN(C)[C@@H]1C(O)=C(C(N)=O)C(=O)[C@]2(O)C(O)=C3C(=O)c4c(O)ccc(C#Cc5ccccn5)c4C[C@H]3C[C@@H]12. The van der Waals surface area contributed by atoms with Crippen LogP contribution in [0.1, 0.15) is 33.6 Å². The highest BCUT2D eigenvalue weighted by molar-refractivity contribution is 6.24. The van der Waals surface area contributed by atoms with Crippen LogP contribution in [0.5, 0.6) is 5.75 Å². The first-order chi connectivity index (χ1) is 18.0. The van der Waals surface area contributed by atoms with Gasteiger partial charge in [0.05, 0.1) is 11.6 Å². The lowest BCUT2D eigenvalue weighted by atomic mass is 9.58. The molecule has 194 valence electrons. The number of fused-ring (bicyclic) bond motifs is 3. The van der Waals surface area contributed by atoms with Gasteiger partial charge in [-0.15, -0.1) is 0 Å². The molecule has 4 atom stereocenters. The first kappa shape index (κ1) is 25.2. The number of primary amides is 1. The van der Waals surface area contributed by atoms with Crippen LogP contribution in [-0.2, 0) is 16.0 Å². The molecule has 0 unspecified atom stereocenters. The number of rotatable bonds is 2. The average Bonchev–Trinajstić information content (AvgIpc) is 2.86. The lowest BCUT2D eigenvalue weighted by molar-refractivity contribution is -0.148. The number of nitrogens with two attached hydrogens (primary N) is 1. The maximum atomic E-state index is 13.7. The number of aromatic nitrogens is 1. The van der Waals surface area contributed by atoms with Gasteiger partial charge in [-0.1, -0.05) is 12.0 Å². The zero-order valence-electron chi connectivity index (χ0n) is 20.6. The van der Waals surface area contributed by atoms with E-state index in [4.69, 9.17) is 5.73 Å². The van der Waals surface area contributed by atoms with Gasteiger partial charge in [0.15, 0.2) is 11.4 Å². The third kappa shape index (κ3) is 3.51. The Hall–Kier alpha value is -4.46. The zero-order chi connectivity index (χ0) is 27.5. The molecule has 10 heteroatoms. The van der Waals surface area contributed by atoms with Crippen LogP contribution in [0.3, 0.4) is 0 Å². The highest BCUT2D eigenvalue weighted by Crippen LogP contribution is 2.52. The molecule has 5 rings (SSSR count). The van der Waals surface area contributed by atoms with Gasteiger partial charge < -0.3 is 26.2 Å². The lowest BCUT2D eigenvalue weighted by Crippen LogP contribution is -2.63. The zero-order valence-corrected chi connectivity index (χ0v) is 20.6. The van der Waals surface area contributed by atoms with Gasteiger partial charge in [-0.2, -0.15) is 0 Å². The molecular weight excluding hydrogens is 490 g/mol. The maximum Gasteiger partial charge on any atom is 0.255 e. The number of hydrogen-bond donors (Lipinski definition) is 5. The fourth-order valence-corrected chi connectivity index (χ4v) is 5.94. The minimum absolute atomic E-state index is 0.00846. The molecule has 2 aromatic rings. The normalized spacial score (nSPS) is 26.4. The summed E-state index contributed by atoms with van der Waals surface area (Å²) in [6, 6.07) is 7.13. The highest BCUT2D eigenvalue weighted by Gasteiger charge is 2.63. The Morgan fingerprint density at radius 2 is 1.87 bits per heavy atom. The summed E-state index contributed by atoms with van der Waals surface area (Å²) in [4.78, 5) is 44.8.